The Bertz CT molecular complexity index is 466. The molecule has 0 aromatic heterocycles. The van der Waals surface area contributed by atoms with E-state index < -0.39 is 0 Å². The number of aliphatic hydroxyl groups excluding tert-OH is 1. The fourth-order valence-corrected chi connectivity index (χ4v) is 4.03. The number of fused-ring (bicyclic) bond motifs is 1. The van der Waals surface area contributed by atoms with Crippen LogP contribution >= 0.6 is 0 Å². The van der Waals surface area contributed by atoms with Gasteiger partial charge in [0.25, 0.3) is 0 Å². The van der Waals surface area contributed by atoms with Crippen molar-refractivity contribution in [2.75, 3.05) is 0 Å². The molecule has 18 heavy (non-hydrogen) atoms. The van der Waals surface area contributed by atoms with E-state index in [0.717, 1.165) is 24.2 Å². The average Bonchev–Trinajstić information content (AvgIpc) is 2.48. The van der Waals surface area contributed by atoms with Gasteiger partial charge in [-0.3, -0.25) is 0 Å². The Labute approximate surface area is 109 Å². The quantitative estimate of drug-likeness (QED) is 0.756. The first-order chi connectivity index (χ1) is 8.42. The summed E-state index contributed by atoms with van der Waals surface area (Å²) in [6.07, 6.45) is 2.55. The molecule has 1 heterocycles. The van der Waals surface area contributed by atoms with Gasteiger partial charge in [-0.25, -0.2) is 0 Å². The van der Waals surface area contributed by atoms with E-state index in [0.29, 0.717) is 11.3 Å². The summed E-state index contributed by atoms with van der Waals surface area (Å²) < 4.78 is 6.34. The zero-order chi connectivity index (χ0) is 13.0. The van der Waals surface area contributed by atoms with Crippen molar-refractivity contribution in [3.63, 3.8) is 0 Å². The van der Waals surface area contributed by atoms with Gasteiger partial charge < -0.3 is 9.84 Å². The maximum absolute atomic E-state index is 10.4. The van der Waals surface area contributed by atoms with Crippen molar-refractivity contribution >= 4 is 0 Å². The normalized spacial score (nSPS) is 37.3. The molecule has 1 saturated carbocycles. The molecule has 0 saturated heterocycles. The third-order valence-electron chi connectivity index (χ3n) is 4.66. The van der Waals surface area contributed by atoms with Gasteiger partial charge in [-0.1, -0.05) is 39.0 Å². The van der Waals surface area contributed by atoms with Gasteiger partial charge >= 0.3 is 0 Å². The lowest BCUT2D eigenvalue weighted by Crippen LogP contribution is -2.43. The van der Waals surface area contributed by atoms with Crippen LogP contribution in [0.2, 0.25) is 0 Å². The Kier molecular flexibility index (Phi) is 2.50. The van der Waals surface area contributed by atoms with E-state index >= 15 is 0 Å². The van der Waals surface area contributed by atoms with Crippen LogP contribution in [-0.2, 0) is 0 Å². The Morgan fingerprint density at radius 1 is 1.22 bits per heavy atom. The average molecular weight is 246 g/mol. The highest BCUT2D eigenvalue weighted by Crippen LogP contribution is 2.55. The van der Waals surface area contributed by atoms with E-state index in [1.165, 1.54) is 6.42 Å². The number of para-hydroxylation sites is 1. The van der Waals surface area contributed by atoms with Crippen molar-refractivity contribution in [3.8, 4) is 5.75 Å². The first-order valence-corrected chi connectivity index (χ1v) is 6.88. The smallest absolute Gasteiger partial charge is 0.125 e. The molecule has 1 fully saturated rings. The van der Waals surface area contributed by atoms with Crippen LogP contribution in [0, 0.1) is 11.3 Å². The second-order valence-corrected chi connectivity index (χ2v) is 6.87. The fraction of sp³-hybridized carbons (Fsp3) is 0.625. The van der Waals surface area contributed by atoms with Crippen LogP contribution in [0.5, 0.6) is 5.75 Å². The molecule has 1 N–H and O–H groups in total. The minimum absolute atomic E-state index is 0.169. The predicted molar refractivity (Wildman–Crippen MR) is 71.6 cm³/mol. The molecule has 1 aliphatic carbocycles. The number of benzene rings is 1. The minimum atomic E-state index is -0.383. The third kappa shape index (κ3) is 1.74. The first-order valence-electron chi connectivity index (χ1n) is 6.88. The highest BCUT2D eigenvalue weighted by Gasteiger charge is 2.53. The SMILES string of the molecule is CC1CC(C)(C)CC12C[C@H](O)c1ccccc1O2. The molecule has 0 amide bonds. The third-order valence-corrected chi connectivity index (χ3v) is 4.66. The summed E-state index contributed by atoms with van der Waals surface area (Å²) in [5.41, 5.74) is 1.09. The molecule has 98 valence electrons. The van der Waals surface area contributed by atoms with E-state index in [1.54, 1.807) is 0 Å². The summed E-state index contributed by atoms with van der Waals surface area (Å²) in [4.78, 5) is 0. The van der Waals surface area contributed by atoms with Gasteiger partial charge in [0.2, 0.25) is 0 Å². The molecule has 2 heteroatoms. The first kappa shape index (κ1) is 12.0. The van der Waals surface area contributed by atoms with Gasteiger partial charge in [-0.2, -0.15) is 0 Å². The van der Waals surface area contributed by atoms with Gasteiger partial charge in [-0.15, -0.1) is 0 Å². The van der Waals surface area contributed by atoms with Crippen molar-refractivity contribution in [2.24, 2.45) is 11.3 Å². The topological polar surface area (TPSA) is 29.5 Å². The van der Waals surface area contributed by atoms with Crippen molar-refractivity contribution in [3.05, 3.63) is 29.8 Å². The standard InChI is InChI=1S/C16H22O2/c1-11-8-15(2,3)10-16(11)9-13(17)12-6-4-5-7-14(12)18-16/h4-7,11,13,17H,8-10H2,1-3H3/t11?,13-,16?/m0/s1. The van der Waals surface area contributed by atoms with Crippen molar-refractivity contribution in [2.45, 2.75) is 51.7 Å². The van der Waals surface area contributed by atoms with E-state index in [4.69, 9.17) is 4.74 Å². The van der Waals surface area contributed by atoms with Crippen LogP contribution in [0.25, 0.3) is 0 Å². The molecule has 1 spiro atoms. The second kappa shape index (κ2) is 3.74. The number of ether oxygens (including phenoxy) is 1. The largest absolute Gasteiger partial charge is 0.486 e. The zero-order valence-electron chi connectivity index (χ0n) is 11.4. The van der Waals surface area contributed by atoms with Crippen molar-refractivity contribution < 1.29 is 9.84 Å². The summed E-state index contributed by atoms with van der Waals surface area (Å²) in [5, 5.41) is 10.4. The molecule has 1 aliphatic heterocycles. The minimum Gasteiger partial charge on any atom is -0.486 e. The summed E-state index contributed by atoms with van der Waals surface area (Å²) in [7, 11) is 0. The van der Waals surface area contributed by atoms with Gasteiger partial charge in [0.1, 0.15) is 11.4 Å². The molecule has 3 atom stereocenters. The summed E-state index contributed by atoms with van der Waals surface area (Å²) in [6.45, 7) is 6.86. The van der Waals surface area contributed by atoms with E-state index in [-0.39, 0.29) is 11.7 Å². The molecular weight excluding hydrogens is 224 g/mol. The van der Waals surface area contributed by atoms with Gasteiger partial charge in [0, 0.05) is 12.0 Å². The molecular formula is C16H22O2. The predicted octanol–water partition coefficient (Wildman–Crippen LogP) is 3.70. The lowest BCUT2D eigenvalue weighted by atomic mass is 9.81. The number of aliphatic hydroxyl groups is 1. The van der Waals surface area contributed by atoms with E-state index in [9.17, 15) is 5.11 Å². The summed E-state index contributed by atoms with van der Waals surface area (Å²) in [5.74, 6) is 1.37. The Hall–Kier alpha value is -1.02. The van der Waals surface area contributed by atoms with Crippen LogP contribution in [0.15, 0.2) is 24.3 Å². The highest BCUT2D eigenvalue weighted by atomic mass is 16.5. The molecule has 1 aromatic carbocycles. The maximum atomic E-state index is 10.4. The van der Waals surface area contributed by atoms with Crippen LogP contribution < -0.4 is 4.74 Å². The summed E-state index contributed by atoms with van der Waals surface area (Å²) >= 11 is 0. The molecule has 2 nitrogen and oxygen atoms in total. The summed E-state index contributed by atoms with van der Waals surface area (Å²) in [6, 6.07) is 7.90. The second-order valence-electron chi connectivity index (χ2n) is 6.87. The van der Waals surface area contributed by atoms with Crippen molar-refractivity contribution in [1.82, 2.24) is 0 Å². The van der Waals surface area contributed by atoms with E-state index in [1.807, 2.05) is 24.3 Å². The van der Waals surface area contributed by atoms with Crippen LogP contribution in [0.3, 0.4) is 0 Å². The molecule has 3 rings (SSSR count). The van der Waals surface area contributed by atoms with Crippen LogP contribution in [-0.4, -0.2) is 10.7 Å². The molecule has 1 aromatic rings. The molecule has 0 radical (unpaired) electrons. The van der Waals surface area contributed by atoms with Crippen LogP contribution in [0.4, 0.5) is 0 Å². The highest BCUT2D eigenvalue weighted by molar-refractivity contribution is 5.38. The molecule has 2 unspecified atom stereocenters. The fourth-order valence-electron chi connectivity index (χ4n) is 4.03. The van der Waals surface area contributed by atoms with Crippen LogP contribution in [0.1, 0.15) is 51.7 Å². The Morgan fingerprint density at radius 2 is 1.94 bits per heavy atom. The van der Waals surface area contributed by atoms with Gasteiger partial charge in [0.05, 0.1) is 6.10 Å². The van der Waals surface area contributed by atoms with Gasteiger partial charge in [0.15, 0.2) is 0 Å². The molecule has 0 bridgehead atoms. The number of hydrogen-bond acceptors (Lipinski definition) is 2. The van der Waals surface area contributed by atoms with Gasteiger partial charge in [-0.05, 0) is 30.2 Å². The lowest BCUT2D eigenvalue weighted by molar-refractivity contribution is -0.0391. The van der Waals surface area contributed by atoms with E-state index in [2.05, 4.69) is 20.8 Å². The Morgan fingerprint density at radius 3 is 2.61 bits per heavy atom. The maximum Gasteiger partial charge on any atom is 0.125 e. The lowest BCUT2D eigenvalue weighted by Gasteiger charge is -2.41. The zero-order valence-corrected chi connectivity index (χ0v) is 11.4. The molecule has 2 aliphatic rings. The van der Waals surface area contributed by atoms with Crippen molar-refractivity contribution in [1.29, 1.82) is 0 Å². The monoisotopic (exact) mass is 246 g/mol. The Balaban J connectivity index is 1.99. The number of hydrogen-bond donors (Lipinski definition) is 1. The number of rotatable bonds is 0.